The highest BCUT2D eigenvalue weighted by Gasteiger charge is 2.30. The first-order valence-electron chi connectivity index (χ1n) is 9.03. The van der Waals surface area contributed by atoms with Crippen LogP contribution in [0.25, 0.3) is 0 Å². The van der Waals surface area contributed by atoms with Gasteiger partial charge in [-0.05, 0) is 52.6 Å². The van der Waals surface area contributed by atoms with Gasteiger partial charge in [-0.3, -0.25) is 19.9 Å². The summed E-state index contributed by atoms with van der Waals surface area (Å²) in [5.74, 6) is 0.441. The lowest BCUT2D eigenvalue weighted by molar-refractivity contribution is -0.125. The van der Waals surface area contributed by atoms with Gasteiger partial charge in [-0.1, -0.05) is 0 Å². The van der Waals surface area contributed by atoms with Crippen LogP contribution in [0.2, 0.25) is 0 Å². The molecule has 0 bridgehead atoms. The first-order valence-corrected chi connectivity index (χ1v) is 9.03. The number of imide groups is 1. The average molecular weight is 340 g/mol. The van der Waals surface area contributed by atoms with E-state index >= 15 is 0 Å². The fraction of sp³-hybridized carbons (Fsp3) is 0.882. The van der Waals surface area contributed by atoms with Crippen LogP contribution in [0.5, 0.6) is 0 Å². The lowest BCUT2D eigenvalue weighted by Crippen LogP contribution is -2.52. The fourth-order valence-electron chi connectivity index (χ4n) is 3.77. The van der Waals surface area contributed by atoms with Crippen LogP contribution in [0, 0.1) is 5.92 Å². The van der Waals surface area contributed by atoms with Crippen molar-refractivity contribution in [2.45, 2.75) is 51.9 Å². The molecule has 0 spiro atoms. The zero-order chi connectivity index (χ0) is 17.7. The maximum Gasteiger partial charge on any atom is 0.321 e. The zero-order valence-corrected chi connectivity index (χ0v) is 15.4. The number of amides is 3. The Kier molecular flexibility index (Phi) is 7.01. The highest BCUT2D eigenvalue weighted by molar-refractivity contribution is 5.96. The van der Waals surface area contributed by atoms with Crippen molar-refractivity contribution in [3.05, 3.63) is 0 Å². The molecule has 24 heavy (non-hydrogen) atoms. The monoisotopic (exact) mass is 340 g/mol. The van der Waals surface area contributed by atoms with Gasteiger partial charge in [-0.25, -0.2) is 4.79 Å². The number of ether oxygens (including phenoxy) is 1. The molecule has 0 aromatic rings. The molecule has 7 nitrogen and oxygen atoms in total. The first kappa shape index (κ1) is 19.1. The maximum absolute atomic E-state index is 12.0. The van der Waals surface area contributed by atoms with E-state index in [9.17, 15) is 9.59 Å². The highest BCUT2D eigenvalue weighted by Crippen LogP contribution is 2.22. The highest BCUT2D eigenvalue weighted by atomic mass is 16.5. The molecule has 2 rings (SSSR count). The summed E-state index contributed by atoms with van der Waals surface area (Å²) in [4.78, 5) is 28.0. The second kappa shape index (κ2) is 8.78. The lowest BCUT2D eigenvalue weighted by Gasteiger charge is -2.40. The van der Waals surface area contributed by atoms with E-state index < -0.39 is 6.03 Å². The Morgan fingerprint density at radius 2 is 1.75 bits per heavy atom. The zero-order valence-electron chi connectivity index (χ0n) is 15.4. The average Bonchev–Trinajstić information content (AvgIpc) is 2.53. The quantitative estimate of drug-likeness (QED) is 0.786. The van der Waals surface area contributed by atoms with E-state index in [-0.39, 0.29) is 11.9 Å². The number of hydrogen-bond acceptors (Lipinski definition) is 5. The maximum atomic E-state index is 12.0. The van der Waals surface area contributed by atoms with Gasteiger partial charge in [-0.2, -0.15) is 0 Å². The van der Waals surface area contributed by atoms with Crippen LogP contribution in [0.4, 0.5) is 4.79 Å². The molecule has 3 atom stereocenters. The van der Waals surface area contributed by atoms with Crippen LogP contribution < -0.4 is 10.6 Å². The second-order valence-corrected chi connectivity index (χ2v) is 7.20. The van der Waals surface area contributed by atoms with Crippen LogP contribution in [0.15, 0.2) is 0 Å². The molecule has 2 aliphatic rings. The summed E-state index contributed by atoms with van der Waals surface area (Å²) in [6.07, 6.45) is 2.81. The number of urea groups is 1. The number of carbonyl (C=O) groups is 2. The molecule has 0 aromatic carbocycles. The summed E-state index contributed by atoms with van der Waals surface area (Å²) < 4.78 is 5.79. The lowest BCUT2D eigenvalue weighted by atomic mass is 9.94. The van der Waals surface area contributed by atoms with Crippen molar-refractivity contribution in [1.29, 1.82) is 0 Å². The van der Waals surface area contributed by atoms with Gasteiger partial charge < -0.3 is 10.1 Å². The molecule has 0 saturated carbocycles. The normalized spacial score (nSPS) is 28.3. The minimum Gasteiger partial charge on any atom is -0.373 e. The number of nitrogens with zero attached hydrogens (tertiary/aromatic N) is 2. The van der Waals surface area contributed by atoms with Gasteiger partial charge in [0.15, 0.2) is 0 Å². The van der Waals surface area contributed by atoms with Gasteiger partial charge in [0.2, 0.25) is 5.91 Å². The van der Waals surface area contributed by atoms with Gasteiger partial charge in [0, 0.05) is 26.7 Å². The molecule has 0 unspecified atom stereocenters. The number of rotatable bonds is 4. The van der Waals surface area contributed by atoms with Crippen LogP contribution >= 0.6 is 0 Å². The molecule has 0 aliphatic carbocycles. The Labute approximate surface area is 145 Å². The SMILES string of the molecule is CNC(=O)NC(=O)[C@H](C)N1CCC(CN2C[C@H](C)O[C@@H](C)C2)CC1. The van der Waals surface area contributed by atoms with E-state index in [1.54, 1.807) is 0 Å². The number of nitrogens with one attached hydrogen (secondary N) is 2. The number of likely N-dealkylation sites (tertiary alicyclic amines) is 1. The van der Waals surface area contributed by atoms with Crippen molar-refractivity contribution in [3.8, 4) is 0 Å². The van der Waals surface area contributed by atoms with Crippen LogP contribution in [-0.2, 0) is 9.53 Å². The molecule has 7 heteroatoms. The van der Waals surface area contributed by atoms with Crippen LogP contribution in [0.3, 0.4) is 0 Å². The first-order chi connectivity index (χ1) is 11.4. The van der Waals surface area contributed by atoms with Crippen molar-refractivity contribution in [1.82, 2.24) is 20.4 Å². The van der Waals surface area contributed by atoms with Crippen LogP contribution in [0.1, 0.15) is 33.6 Å². The van der Waals surface area contributed by atoms with E-state index in [1.165, 1.54) is 7.05 Å². The summed E-state index contributed by atoms with van der Waals surface area (Å²) in [6, 6.07) is -0.719. The summed E-state index contributed by atoms with van der Waals surface area (Å²) in [5, 5.41) is 4.77. The standard InChI is InChI=1S/C17H32N4O3/c1-12-9-20(10-13(2)24-12)11-15-5-7-21(8-6-15)14(3)16(22)19-17(23)18-4/h12-15H,5-11H2,1-4H3,(H2,18,19,22,23)/t12-,13-,14-/m0/s1. The molecule has 0 radical (unpaired) electrons. The fourth-order valence-corrected chi connectivity index (χ4v) is 3.77. The van der Waals surface area contributed by atoms with Crippen molar-refractivity contribution >= 4 is 11.9 Å². The Morgan fingerprint density at radius 3 is 2.29 bits per heavy atom. The third kappa shape index (κ3) is 5.43. The molecule has 3 amide bonds. The predicted octanol–water partition coefficient (Wildman–Crippen LogP) is 0.652. The summed E-state index contributed by atoms with van der Waals surface area (Å²) >= 11 is 0. The van der Waals surface area contributed by atoms with Crippen molar-refractivity contribution in [2.24, 2.45) is 5.92 Å². The van der Waals surface area contributed by atoms with Gasteiger partial charge in [0.25, 0.3) is 0 Å². The van der Waals surface area contributed by atoms with Crippen molar-refractivity contribution in [2.75, 3.05) is 39.8 Å². The van der Waals surface area contributed by atoms with Crippen molar-refractivity contribution < 1.29 is 14.3 Å². The molecule has 2 saturated heterocycles. The van der Waals surface area contributed by atoms with Gasteiger partial charge in [-0.15, -0.1) is 0 Å². The molecular weight excluding hydrogens is 308 g/mol. The van der Waals surface area contributed by atoms with Gasteiger partial charge >= 0.3 is 6.03 Å². The van der Waals surface area contributed by atoms with E-state index in [0.29, 0.717) is 18.1 Å². The Balaban J connectivity index is 1.74. The number of carbonyl (C=O) groups excluding carboxylic acids is 2. The molecule has 0 aromatic heterocycles. The molecule has 2 aliphatic heterocycles. The number of piperidine rings is 1. The summed E-state index contributed by atoms with van der Waals surface area (Å²) in [7, 11) is 1.51. The molecule has 2 fully saturated rings. The van der Waals surface area contributed by atoms with E-state index in [4.69, 9.17) is 4.74 Å². The minimum absolute atomic E-state index is 0.233. The Hall–Kier alpha value is -1.18. The summed E-state index contributed by atoms with van der Waals surface area (Å²) in [6.45, 7) is 11.1. The molecule has 2 N–H and O–H groups in total. The Bertz CT molecular complexity index is 428. The largest absolute Gasteiger partial charge is 0.373 e. The van der Waals surface area contributed by atoms with Crippen LogP contribution in [-0.4, -0.2) is 79.8 Å². The number of hydrogen-bond donors (Lipinski definition) is 2. The smallest absolute Gasteiger partial charge is 0.321 e. The van der Waals surface area contributed by atoms with E-state index in [1.807, 2.05) is 6.92 Å². The number of morpholine rings is 1. The summed E-state index contributed by atoms with van der Waals surface area (Å²) in [5.41, 5.74) is 0. The van der Waals surface area contributed by atoms with Gasteiger partial charge in [0.05, 0.1) is 18.2 Å². The topological polar surface area (TPSA) is 73.9 Å². The minimum atomic E-state index is -0.447. The van der Waals surface area contributed by atoms with E-state index in [2.05, 4.69) is 34.3 Å². The molecule has 138 valence electrons. The predicted molar refractivity (Wildman–Crippen MR) is 92.8 cm³/mol. The third-order valence-electron chi connectivity index (χ3n) is 5.05. The second-order valence-electron chi connectivity index (χ2n) is 7.20. The van der Waals surface area contributed by atoms with E-state index in [0.717, 1.165) is 45.6 Å². The van der Waals surface area contributed by atoms with Crippen molar-refractivity contribution in [3.63, 3.8) is 0 Å². The third-order valence-corrected chi connectivity index (χ3v) is 5.05. The van der Waals surface area contributed by atoms with Gasteiger partial charge in [0.1, 0.15) is 0 Å². The Morgan fingerprint density at radius 1 is 1.17 bits per heavy atom. The molecular formula is C17H32N4O3. The molecule has 2 heterocycles.